The zero-order chi connectivity index (χ0) is 21.8. The highest BCUT2D eigenvalue weighted by molar-refractivity contribution is 6.05. The molecular formula is C26H21FN2O2. The first-order valence-electron chi connectivity index (χ1n) is 10.0. The number of fused-ring (bicyclic) bond motifs is 1. The van der Waals surface area contributed by atoms with Crippen LogP contribution < -0.4 is 0 Å². The van der Waals surface area contributed by atoms with E-state index < -0.39 is 5.97 Å². The Hall–Kier alpha value is -3.99. The van der Waals surface area contributed by atoms with Gasteiger partial charge in [-0.2, -0.15) is 5.10 Å². The van der Waals surface area contributed by atoms with Gasteiger partial charge in [0.05, 0.1) is 11.7 Å². The predicted molar refractivity (Wildman–Crippen MR) is 122 cm³/mol. The maximum atomic E-state index is 14.8. The molecule has 0 radical (unpaired) electrons. The smallest absolute Gasteiger partial charge is 0.328 e. The summed E-state index contributed by atoms with van der Waals surface area (Å²) in [6, 6.07) is 20.3. The van der Waals surface area contributed by atoms with Gasteiger partial charge in [0.25, 0.3) is 0 Å². The van der Waals surface area contributed by atoms with Crippen LogP contribution in [0.4, 0.5) is 4.39 Å². The average Bonchev–Trinajstić information content (AvgIpc) is 3.26. The second kappa shape index (κ2) is 8.79. The van der Waals surface area contributed by atoms with E-state index in [1.807, 2.05) is 55.5 Å². The van der Waals surface area contributed by atoms with Gasteiger partial charge < -0.3 is 5.11 Å². The minimum atomic E-state index is -0.996. The summed E-state index contributed by atoms with van der Waals surface area (Å²) in [4.78, 5) is 10.8. The Balaban J connectivity index is 1.97. The molecule has 0 fully saturated rings. The van der Waals surface area contributed by atoms with Crippen molar-refractivity contribution in [3.05, 3.63) is 107 Å². The number of nitrogens with zero attached hydrogens (tertiary/aromatic N) is 1. The van der Waals surface area contributed by atoms with Gasteiger partial charge in [0, 0.05) is 17.0 Å². The van der Waals surface area contributed by atoms with Crippen LogP contribution in [0.25, 0.3) is 28.1 Å². The standard InChI is InChI=1S/C26H21FN2O2/c1-2-19(20-6-3-4-8-23(20)27)26(21-7-5-9-24-22(21)16-28-29-24)18-13-10-17(11-14-18)12-15-25(30)31/h3-16H,2H2,1H3,(H,28,29)(H,30,31)/b15-12+,26-19+. The zero-order valence-electron chi connectivity index (χ0n) is 17.0. The van der Waals surface area contributed by atoms with Crippen molar-refractivity contribution < 1.29 is 14.3 Å². The minimum absolute atomic E-state index is 0.266. The number of halogens is 1. The maximum absolute atomic E-state index is 14.8. The summed E-state index contributed by atoms with van der Waals surface area (Å²) in [5.41, 5.74) is 5.93. The first-order valence-corrected chi connectivity index (χ1v) is 10.0. The third kappa shape index (κ3) is 4.16. The molecule has 0 aliphatic rings. The first-order chi connectivity index (χ1) is 15.1. The molecule has 0 unspecified atom stereocenters. The van der Waals surface area contributed by atoms with Crippen LogP contribution >= 0.6 is 0 Å². The first kappa shape index (κ1) is 20.3. The Morgan fingerprint density at radius 3 is 2.48 bits per heavy atom. The number of allylic oxidation sites excluding steroid dienone is 1. The summed E-state index contributed by atoms with van der Waals surface area (Å²) in [5.74, 6) is -1.26. The van der Waals surface area contributed by atoms with Crippen molar-refractivity contribution in [1.29, 1.82) is 0 Å². The number of rotatable bonds is 6. The molecule has 0 spiro atoms. The van der Waals surface area contributed by atoms with Gasteiger partial charge in [-0.1, -0.05) is 61.5 Å². The number of H-pyrrole nitrogens is 1. The third-order valence-electron chi connectivity index (χ3n) is 5.23. The Morgan fingerprint density at radius 1 is 1.03 bits per heavy atom. The highest BCUT2D eigenvalue weighted by Gasteiger charge is 2.18. The van der Waals surface area contributed by atoms with Crippen LogP contribution in [-0.4, -0.2) is 21.3 Å². The molecule has 5 heteroatoms. The molecule has 1 heterocycles. The van der Waals surface area contributed by atoms with Gasteiger partial charge in [0.1, 0.15) is 5.82 Å². The lowest BCUT2D eigenvalue weighted by Crippen LogP contribution is -1.98. The SMILES string of the molecule is CC/C(=C(/c1ccc(/C=C/C(=O)O)cc1)c1cccc2[nH]ncc12)c1ccccc1F. The lowest BCUT2D eigenvalue weighted by molar-refractivity contribution is -0.131. The van der Waals surface area contributed by atoms with Crippen molar-refractivity contribution in [3.8, 4) is 0 Å². The van der Waals surface area contributed by atoms with E-state index in [9.17, 15) is 9.18 Å². The largest absolute Gasteiger partial charge is 0.478 e. The molecule has 1 aromatic heterocycles. The number of carboxylic acids is 1. The van der Waals surface area contributed by atoms with E-state index in [4.69, 9.17) is 5.11 Å². The van der Waals surface area contributed by atoms with Gasteiger partial charge in [-0.15, -0.1) is 0 Å². The van der Waals surface area contributed by atoms with Crippen LogP contribution in [0.3, 0.4) is 0 Å². The number of nitrogens with one attached hydrogen (secondary N) is 1. The van der Waals surface area contributed by atoms with Crippen LogP contribution in [0.15, 0.2) is 79.0 Å². The second-order valence-electron chi connectivity index (χ2n) is 7.12. The number of benzene rings is 3. The Bertz CT molecular complexity index is 1300. The van der Waals surface area contributed by atoms with Gasteiger partial charge in [-0.05, 0) is 52.5 Å². The molecule has 0 saturated carbocycles. The number of hydrogen-bond acceptors (Lipinski definition) is 2. The van der Waals surface area contributed by atoms with E-state index in [1.54, 1.807) is 24.4 Å². The topological polar surface area (TPSA) is 66.0 Å². The van der Waals surface area contributed by atoms with Crippen molar-refractivity contribution in [2.45, 2.75) is 13.3 Å². The highest BCUT2D eigenvalue weighted by Crippen LogP contribution is 2.38. The fourth-order valence-electron chi connectivity index (χ4n) is 3.81. The lowest BCUT2D eigenvalue weighted by atomic mass is 9.86. The predicted octanol–water partition coefficient (Wildman–Crippen LogP) is 6.17. The van der Waals surface area contributed by atoms with E-state index in [0.717, 1.165) is 44.8 Å². The van der Waals surface area contributed by atoms with Crippen LogP contribution in [-0.2, 0) is 4.79 Å². The molecule has 0 aliphatic heterocycles. The molecule has 154 valence electrons. The van der Waals surface area contributed by atoms with Crippen molar-refractivity contribution in [2.75, 3.05) is 0 Å². The molecular weight excluding hydrogens is 391 g/mol. The van der Waals surface area contributed by atoms with E-state index >= 15 is 0 Å². The number of aliphatic carboxylic acids is 1. The van der Waals surface area contributed by atoms with Crippen molar-refractivity contribution in [3.63, 3.8) is 0 Å². The van der Waals surface area contributed by atoms with Gasteiger partial charge in [-0.3, -0.25) is 5.10 Å². The molecule has 31 heavy (non-hydrogen) atoms. The van der Waals surface area contributed by atoms with Gasteiger partial charge in [0.15, 0.2) is 0 Å². The zero-order valence-corrected chi connectivity index (χ0v) is 17.0. The summed E-state index contributed by atoms with van der Waals surface area (Å²) in [6.07, 6.45) is 5.06. The van der Waals surface area contributed by atoms with Crippen LogP contribution in [0, 0.1) is 5.82 Å². The lowest BCUT2D eigenvalue weighted by Gasteiger charge is -2.17. The quantitative estimate of drug-likeness (QED) is 0.294. The number of aromatic nitrogens is 2. The van der Waals surface area contributed by atoms with Gasteiger partial charge in [0.2, 0.25) is 0 Å². The minimum Gasteiger partial charge on any atom is -0.478 e. The molecule has 4 rings (SSSR count). The van der Waals surface area contributed by atoms with Crippen molar-refractivity contribution in [1.82, 2.24) is 10.2 Å². The molecule has 0 bridgehead atoms. The summed E-state index contributed by atoms with van der Waals surface area (Å²) in [6.45, 7) is 2.02. The fourth-order valence-corrected chi connectivity index (χ4v) is 3.81. The fraction of sp³-hybridized carbons (Fsp3) is 0.0769. The molecule has 3 aromatic carbocycles. The van der Waals surface area contributed by atoms with Crippen LogP contribution in [0.5, 0.6) is 0 Å². The van der Waals surface area contributed by atoms with Crippen LogP contribution in [0.1, 0.15) is 35.6 Å². The Labute approximate surface area is 179 Å². The van der Waals surface area contributed by atoms with Gasteiger partial charge >= 0.3 is 5.97 Å². The Morgan fingerprint density at radius 2 is 1.77 bits per heavy atom. The number of hydrogen-bond donors (Lipinski definition) is 2. The van der Waals surface area contributed by atoms with Crippen molar-refractivity contribution in [2.24, 2.45) is 0 Å². The third-order valence-corrected chi connectivity index (χ3v) is 5.23. The number of carboxylic acid groups (broad SMARTS) is 1. The molecule has 0 saturated heterocycles. The summed E-state index contributed by atoms with van der Waals surface area (Å²) >= 11 is 0. The summed E-state index contributed by atoms with van der Waals surface area (Å²) in [5, 5.41) is 17.0. The summed E-state index contributed by atoms with van der Waals surface area (Å²) in [7, 11) is 0. The monoisotopic (exact) mass is 412 g/mol. The molecule has 0 amide bonds. The number of carbonyl (C=O) groups is 1. The molecule has 0 atom stereocenters. The highest BCUT2D eigenvalue weighted by atomic mass is 19.1. The molecule has 4 nitrogen and oxygen atoms in total. The second-order valence-corrected chi connectivity index (χ2v) is 7.12. The molecule has 4 aromatic rings. The normalized spacial score (nSPS) is 12.3. The van der Waals surface area contributed by atoms with Crippen LogP contribution in [0.2, 0.25) is 0 Å². The maximum Gasteiger partial charge on any atom is 0.328 e. The average molecular weight is 412 g/mol. The number of aromatic amines is 1. The molecule has 2 N–H and O–H groups in total. The molecule has 0 aliphatic carbocycles. The van der Waals surface area contributed by atoms with E-state index in [1.165, 1.54) is 6.07 Å². The summed E-state index contributed by atoms with van der Waals surface area (Å²) < 4.78 is 14.8. The van der Waals surface area contributed by atoms with E-state index in [-0.39, 0.29) is 5.82 Å². The van der Waals surface area contributed by atoms with E-state index in [0.29, 0.717) is 12.0 Å². The van der Waals surface area contributed by atoms with Gasteiger partial charge in [-0.25, -0.2) is 9.18 Å². The Kier molecular flexibility index (Phi) is 5.76. The van der Waals surface area contributed by atoms with E-state index in [2.05, 4.69) is 10.2 Å². The van der Waals surface area contributed by atoms with Crippen molar-refractivity contribution >= 4 is 34.1 Å².